The number of likely N-dealkylation sites (tertiary alicyclic amines) is 1. The number of nitrogens with zero attached hydrogens (tertiary/aromatic N) is 6. The van der Waals surface area contributed by atoms with Crippen LogP contribution in [-0.2, 0) is 41.4 Å². The Bertz CT molecular complexity index is 2650. The van der Waals surface area contributed by atoms with E-state index in [4.69, 9.17) is 26.4 Å². The van der Waals surface area contributed by atoms with E-state index in [9.17, 15) is 37.6 Å². The molecule has 0 aliphatic carbocycles. The number of thiocarbonyl (C=S) groups is 1. The Balaban J connectivity index is 0.878. The van der Waals surface area contributed by atoms with E-state index in [0.29, 0.717) is 87.0 Å². The van der Waals surface area contributed by atoms with Crippen molar-refractivity contribution in [2.24, 2.45) is 5.41 Å². The maximum Gasteiger partial charge on any atom is 0.420 e. The van der Waals surface area contributed by atoms with E-state index in [1.807, 2.05) is 57.5 Å². The van der Waals surface area contributed by atoms with Crippen molar-refractivity contribution >= 4 is 63.7 Å². The number of hydrogen-bond acceptors (Lipinski definition) is 12. The average molecular weight is 1020 g/mol. The fourth-order valence-corrected chi connectivity index (χ4v) is 9.68. The average Bonchev–Trinajstić information content (AvgIpc) is 4.02. The summed E-state index contributed by atoms with van der Waals surface area (Å²) in [5.41, 5.74) is 0.186. The Morgan fingerprint density at radius 3 is 2.34 bits per heavy atom. The molecule has 2 aliphatic rings. The smallest absolute Gasteiger partial charge is 0.420 e. The number of aryl methyl sites for hydroxylation is 2. The number of pyridine rings is 1. The zero-order chi connectivity index (χ0) is 51.8. The van der Waals surface area contributed by atoms with Gasteiger partial charge in [-0.05, 0) is 107 Å². The number of aromatic nitrogens is 2. The highest BCUT2D eigenvalue weighted by molar-refractivity contribution is 7.81. The SMILES string of the molecule is Cc1cc(N2C(=S)N(c3ccc(C#N)c(C(F)(F)F)c3F)C(=O)C2(C)C)cnc1OCCCCOCCCOCC(=O)N[C@H](C(=O)N1CCC[C@H]1C(=O)NCc1ccc(-c2scnc2C)cc1)C(C)(C)C. The highest BCUT2D eigenvalue weighted by Gasteiger charge is 2.52. The maximum absolute atomic E-state index is 15.4. The Morgan fingerprint density at radius 2 is 1.69 bits per heavy atom. The predicted octanol–water partition coefficient (Wildman–Crippen LogP) is 8.19. The molecule has 4 amide bonds. The van der Waals surface area contributed by atoms with Crippen LogP contribution in [0.1, 0.15) is 94.7 Å². The lowest BCUT2D eigenvalue weighted by molar-refractivity contribution is -0.144. The number of halogens is 4. The van der Waals surface area contributed by atoms with Gasteiger partial charge in [-0.1, -0.05) is 45.0 Å². The molecule has 71 heavy (non-hydrogen) atoms. The van der Waals surface area contributed by atoms with Gasteiger partial charge in [-0.3, -0.25) is 24.1 Å². The first kappa shape index (κ1) is 54.3. The molecule has 2 fully saturated rings. The second-order valence-corrected chi connectivity index (χ2v) is 20.1. The number of carbonyl (C=O) groups excluding carboxylic acids is 4. The van der Waals surface area contributed by atoms with Crippen molar-refractivity contribution in [3.05, 3.63) is 87.9 Å². The fourth-order valence-electron chi connectivity index (χ4n) is 8.35. The lowest BCUT2D eigenvalue weighted by atomic mass is 9.85. The highest BCUT2D eigenvalue weighted by atomic mass is 32.1. The molecule has 2 atom stereocenters. The number of rotatable bonds is 20. The van der Waals surface area contributed by atoms with Gasteiger partial charge in [-0.25, -0.2) is 14.4 Å². The third-order valence-corrected chi connectivity index (χ3v) is 13.5. The van der Waals surface area contributed by atoms with Crippen LogP contribution in [0.5, 0.6) is 5.88 Å². The maximum atomic E-state index is 15.4. The van der Waals surface area contributed by atoms with Crippen LogP contribution in [0.4, 0.5) is 28.9 Å². The molecule has 0 bridgehead atoms. The fraction of sp³-hybridized carbons (Fsp3) is 0.480. The summed E-state index contributed by atoms with van der Waals surface area (Å²) >= 11 is 7.11. The van der Waals surface area contributed by atoms with Crippen molar-refractivity contribution in [3.8, 4) is 22.4 Å². The van der Waals surface area contributed by atoms with E-state index >= 15 is 4.39 Å². The molecule has 2 saturated heterocycles. The summed E-state index contributed by atoms with van der Waals surface area (Å²) in [4.78, 5) is 67.3. The lowest BCUT2D eigenvalue weighted by Gasteiger charge is -2.35. The molecular weight excluding hydrogens is 965 g/mol. The standard InChI is InChI=1S/C50H58F4N8O7S2/c1-30-24-35(62-47(70)61(46(66)49(62,6)7)36-18-17-34(25-55)39(40(36)51)50(52,53)54)27-57-44(30)69-23-9-8-20-67-21-11-22-68-28-38(63)59-42(48(3,4)5)45(65)60-19-10-12-37(60)43(64)56-26-32-13-15-33(16-14-32)41-31(2)58-29-71-41/h13-18,24,27,29,37,42H,8-12,19-23,26,28H2,1-7H3,(H,56,64)(H,59,63)/t37-,42+/m0/s1. The Labute approximate surface area is 419 Å². The van der Waals surface area contributed by atoms with Crippen molar-refractivity contribution in [1.82, 2.24) is 25.5 Å². The number of thiazole rings is 1. The quantitative estimate of drug-likeness (QED) is 0.0494. The van der Waals surface area contributed by atoms with Gasteiger partial charge in [0.05, 0.1) is 51.9 Å². The van der Waals surface area contributed by atoms with Crippen LogP contribution >= 0.6 is 23.6 Å². The van der Waals surface area contributed by atoms with Gasteiger partial charge in [0.25, 0.3) is 5.91 Å². The summed E-state index contributed by atoms with van der Waals surface area (Å²) < 4.78 is 73.9. The number of nitriles is 1. The van der Waals surface area contributed by atoms with E-state index in [0.717, 1.165) is 33.8 Å². The van der Waals surface area contributed by atoms with Crippen molar-refractivity contribution in [3.63, 3.8) is 0 Å². The van der Waals surface area contributed by atoms with Gasteiger partial charge in [0.15, 0.2) is 10.9 Å². The normalized spacial score (nSPS) is 16.3. The number of nitrogens with one attached hydrogen (secondary N) is 2. The number of hydrogen-bond donors (Lipinski definition) is 2. The van der Waals surface area contributed by atoms with Crippen molar-refractivity contribution in [1.29, 1.82) is 5.26 Å². The minimum absolute atomic E-state index is 0.236. The van der Waals surface area contributed by atoms with Crippen LogP contribution in [0.15, 0.2) is 54.2 Å². The van der Waals surface area contributed by atoms with Crippen molar-refractivity contribution < 1.29 is 51.0 Å². The van der Waals surface area contributed by atoms with Gasteiger partial charge in [0.1, 0.15) is 29.8 Å². The van der Waals surface area contributed by atoms with Crippen molar-refractivity contribution in [2.75, 3.05) is 49.4 Å². The minimum atomic E-state index is -5.20. The van der Waals surface area contributed by atoms with Crippen LogP contribution in [-0.4, -0.2) is 101 Å². The van der Waals surface area contributed by atoms with Crippen LogP contribution in [0, 0.1) is 36.4 Å². The largest absolute Gasteiger partial charge is 0.477 e. The molecule has 2 aromatic carbocycles. The molecule has 0 radical (unpaired) electrons. The van der Waals surface area contributed by atoms with Crippen LogP contribution in [0.3, 0.4) is 0 Å². The number of ether oxygens (including phenoxy) is 3. The third-order valence-electron chi connectivity index (χ3n) is 12.1. The van der Waals surface area contributed by atoms with E-state index in [-0.39, 0.29) is 30.1 Å². The number of alkyl halides is 3. The van der Waals surface area contributed by atoms with Crippen LogP contribution in [0.2, 0.25) is 0 Å². The number of unbranched alkanes of at least 4 members (excludes halogenated alkanes) is 1. The monoisotopic (exact) mass is 1020 g/mol. The topological polar surface area (TPSA) is 179 Å². The van der Waals surface area contributed by atoms with Crippen LogP contribution < -0.4 is 25.2 Å². The van der Waals surface area contributed by atoms with E-state index in [2.05, 4.69) is 20.6 Å². The zero-order valence-corrected chi connectivity index (χ0v) is 42.3. The van der Waals surface area contributed by atoms with Gasteiger partial charge in [-0.2, -0.15) is 18.4 Å². The lowest BCUT2D eigenvalue weighted by Crippen LogP contribution is -2.58. The van der Waals surface area contributed by atoms with E-state index in [1.54, 1.807) is 29.2 Å². The number of carbonyl (C=O) groups is 4. The molecule has 380 valence electrons. The van der Waals surface area contributed by atoms with Crippen molar-refractivity contribution in [2.45, 2.75) is 111 Å². The first-order chi connectivity index (χ1) is 33.6. The van der Waals surface area contributed by atoms with E-state index in [1.165, 1.54) is 31.0 Å². The zero-order valence-electron chi connectivity index (χ0n) is 40.7. The number of benzene rings is 2. The summed E-state index contributed by atoms with van der Waals surface area (Å²) in [7, 11) is 0. The molecule has 4 heterocycles. The summed E-state index contributed by atoms with van der Waals surface area (Å²) in [6.07, 6.45) is -0.772. The molecule has 0 unspecified atom stereocenters. The molecule has 0 saturated carbocycles. The molecule has 6 rings (SSSR count). The third kappa shape index (κ3) is 12.7. The Morgan fingerprint density at radius 1 is 1.00 bits per heavy atom. The van der Waals surface area contributed by atoms with Gasteiger partial charge in [-0.15, -0.1) is 11.3 Å². The summed E-state index contributed by atoms with van der Waals surface area (Å²) in [6.45, 7) is 14.2. The summed E-state index contributed by atoms with van der Waals surface area (Å²) in [5, 5.41) is 14.7. The predicted molar refractivity (Wildman–Crippen MR) is 263 cm³/mol. The van der Waals surface area contributed by atoms with Gasteiger partial charge in [0, 0.05) is 38.5 Å². The Kier molecular flexibility index (Phi) is 17.6. The van der Waals surface area contributed by atoms with Gasteiger partial charge >= 0.3 is 6.18 Å². The first-order valence-electron chi connectivity index (χ1n) is 23.2. The summed E-state index contributed by atoms with van der Waals surface area (Å²) in [6, 6.07) is 11.2. The highest BCUT2D eigenvalue weighted by Crippen LogP contribution is 2.42. The number of amides is 4. The molecular formula is C50H58F4N8O7S2. The number of anilines is 2. The second kappa shape index (κ2) is 23.0. The van der Waals surface area contributed by atoms with Gasteiger partial charge < -0.3 is 34.6 Å². The molecule has 2 aliphatic heterocycles. The molecule has 2 aromatic heterocycles. The minimum Gasteiger partial charge on any atom is -0.477 e. The van der Waals surface area contributed by atoms with E-state index < -0.39 is 63.7 Å². The summed E-state index contributed by atoms with van der Waals surface area (Å²) in [5.74, 6) is -3.23. The molecule has 4 aromatic rings. The second-order valence-electron chi connectivity index (χ2n) is 18.9. The van der Waals surface area contributed by atoms with Crippen LogP contribution in [0.25, 0.3) is 10.4 Å². The molecule has 0 spiro atoms. The molecule has 15 nitrogen and oxygen atoms in total. The molecule has 21 heteroatoms. The Hall–Kier alpha value is -6.08. The first-order valence-corrected chi connectivity index (χ1v) is 24.5. The van der Waals surface area contributed by atoms with Gasteiger partial charge in [0.2, 0.25) is 23.6 Å². The molecule has 2 N–H and O–H groups in total.